The van der Waals surface area contributed by atoms with Crippen molar-refractivity contribution in [2.45, 2.75) is 25.7 Å². The van der Waals surface area contributed by atoms with Crippen LogP contribution in [-0.2, 0) is 0 Å². The zero-order valence-corrected chi connectivity index (χ0v) is 13.7. The third-order valence-corrected chi connectivity index (χ3v) is 4.52. The molecule has 1 aliphatic heterocycles. The van der Waals surface area contributed by atoms with Crippen LogP contribution in [0.5, 0.6) is 0 Å². The molecule has 3 rings (SSSR count). The van der Waals surface area contributed by atoms with Gasteiger partial charge in [0.1, 0.15) is 5.82 Å². The third-order valence-electron chi connectivity index (χ3n) is 4.52. The molecule has 1 saturated heterocycles. The summed E-state index contributed by atoms with van der Waals surface area (Å²) >= 11 is 0. The molecule has 0 unspecified atom stereocenters. The molecule has 4 nitrogen and oxygen atoms in total. The van der Waals surface area contributed by atoms with E-state index in [-0.39, 0.29) is 5.91 Å². The summed E-state index contributed by atoms with van der Waals surface area (Å²) in [5.41, 5.74) is 3.31. The number of piperidine rings is 1. The first-order valence-corrected chi connectivity index (χ1v) is 8.17. The average Bonchev–Trinajstić information content (AvgIpc) is 2.62. The SMILES string of the molecule is CNc1cc(C(=O)N2CCC[C@@H](c3ccc(C)cc3)C2)ccn1. The number of nitrogens with zero attached hydrogens (tertiary/aromatic N) is 2. The predicted octanol–water partition coefficient (Wildman–Crippen LogP) is 3.45. The Hall–Kier alpha value is -2.36. The molecule has 1 fully saturated rings. The van der Waals surface area contributed by atoms with E-state index >= 15 is 0 Å². The van der Waals surface area contributed by atoms with Crippen molar-refractivity contribution in [3.63, 3.8) is 0 Å². The lowest BCUT2D eigenvalue weighted by Crippen LogP contribution is -2.39. The van der Waals surface area contributed by atoms with Crippen LogP contribution in [0.3, 0.4) is 0 Å². The van der Waals surface area contributed by atoms with E-state index in [1.165, 1.54) is 11.1 Å². The van der Waals surface area contributed by atoms with E-state index in [9.17, 15) is 4.79 Å². The molecule has 4 heteroatoms. The van der Waals surface area contributed by atoms with Crippen LogP contribution < -0.4 is 5.32 Å². The molecule has 2 aromatic rings. The van der Waals surface area contributed by atoms with Gasteiger partial charge in [0.25, 0.3) is 5.91 Å². The fourth-order valence-corrected chi connectivity index (χ4v) is 3.16. The predicted molar refractivity (Wildman–Crippen MR) is 92.8 cm³/mol. The van der Waals surface area contributed by atoms with Gasteiger partial charge in [-0.3, -0.25) is 4.79 Å². The van der Waals surface area contributed by atoms with E-state index in [4.69, 9.17) is 0 Å². The highest BCUT2D eigenvalue weighted by molar-refractivity contribution is 5.95. The Morgan fingerprint density at radius 3 is 2.78 bits per heavy atom. The minimum absolute atomic E-state index is 0.0979. The molecule has 0 radical (unpaired) electrons. The number of aryl methyl sites for hydroxylation is 1. The number of amides is 1. The zero-order valence-electron chi connectivity index (χ0n) is 13.7. The van der Waals surface area contributed by atoms with Gasteiger partial charge in [0.2, 0.25) is 0 Å². The maximum Gasteiger partial charge on any atom is 0.254 e. The number of carbonyl (C=O) groups is 1. The Balaban J connectivity index is 1.75. The second kappa shape index (κ2) is 6.82. The van der Waals surface area contributed by atoms with Crippen molar-refractivity contribution in [2.24, 2.45) is 0 Å². The highest BCUT2D eigenvalue weighted by Crippen LogP contribution is 2.28. The normalized spacial score (nSPS) is 17.8. The molecule has 1 atom stereocenters. The van der Waals surface area contributed by atoms with Crippen molar-refractivity contribution in [2.75, 3.05) is 25.5 Å². The van der Waals surface area contributed by atoms with Gasteiger partial charge < -0.3 is 10.2 Å². The first-order valence-electron chi connectivity index (χ1n) is 8.17. The van der Waals surface area contributed by atoms with Crippen LogP contribution in [0.15, 0.2) is 42.6 Å². The van der Waals surface area contributed by atoms with Gasteiger partial charge in [-0.05, 0) is 37.5 Å². The van der Waals surface area contributed by atoms with Gasteiger partial charge in [0, 0.05) is 37.8 Å². The molecule has 1 aromatic heterocycles. The molecule has 1 aromatic carbocycles. The van der Waals surface area contributed by atoms with Gasteiger partial charge in [-0.2, -0.15) is 0 Å². The molecule has 0 spiro atoms. The molecule has 120 valence electrons. The van der Waals surface area contributed by atoms with Gasteiger partial charge in [-0.15, -0.1) is 0 Å². The maximum atomic E-state index is 12.8. The fourth-order valence-electron chi connectivity index (χ4n) is 3.16. The molecule has 0 saturated carbocycles. The summed E-state index contributed by atoms with van der Waals surface area (Å²) in [6, 6.07) is 12.3. The summed E-state index contributed by atoms with van der Waals surface area (Å²) in [5.74, 6) is 1.25. The van der Waals surface area contributed by atoms with E-state index in [1.54, 1.807) is 12.3 Å². The lowest BCUT2D eigenvalue weighted by molar-refractivity contribution is 0.0707. The average molecular weight is 309 g/mol. The summed E-state index contributed by atoms with van der Waals surface area (Å²) in [6.45, 7) is 3.72. The largest absolute Gasteiger partial charge is 0.373 e. The van der Waals surface area contributed by atoms with Crippen molar-refractivity contribution in [1.29, 1.82) is 0 Å². The lowest BCUT2D eigenvalue weighted by Gasteiger charge is -2.33. The van der Waals surface area contributed by atoms with Crippen LogP contribution in [0.2, 0.25) is 0 Å². The van der Waals surface area contributed by atoms with Crippen molar-refractivity contribution in [3.05, 3.63) is 59.3 Å². The smallest absolute Gasteiger partial charge is 0.254 e. The Kier molecular flexibility index (Phi) is 4.60. The van der Waals surface area contributed by atoms with Gasteiger partial charge in [0.05, 0.1) is 0 Å². The van der Waals surface area contributed by atoms with E-state index in [0.717, 1.165) is 31.7 Å². The molecule has 0 bridgehead atoms. The van der Waals surface area contributed by atoms with Crippen molar-refractivity contribution in [1.82, 2.24) is 9.88 Å². The number of hydrogen-bond donors (Lipinski definition) is 1. The van der Waals surface area contributed by atoms with Crippen molar-refractivity contribution in [3.8, 4) is 0 Å². The topological polar surface area (TPSA) is 45.2 Å². The summed E-state index contributed by atoms with van der Waals surface area (Å²) in [5, 5.41) is 2.98. The van der Waals surface area contributed by atoms with Gasteiger partial charge in [-0.1, -0.05) is 29.8 Å². The summed E-state index contributed by atoms with van der Waals surface area (Å²) in [7, 11) is 1.81. The third kappa shape index (κ3) is 3.52. The van der Waals surface area contributed by atoms with Crippen molar-refractivity contribution >= 4 is 11.7 Å². The molecule has 1 N–H and O–H groups in total. The highest BCUT2D eigenvalue weighted by atomic mass is 16.2. The van der Waals surface area contributed by atoms with Gasteiger partial charge >= 0.3 is 0 Å². The number of aromatic nitrogens is 1. The second-order valence-corrected chi connectivity index (χ2v) is 6.18. The quantitative estimate of drug-likeness (QED) is 0.944. The summed E-state index contributed by atoms with van der Waals surface area (Å²) in [6.07, 6.45) is 3.87. The Morgan fingerprint density at radius 2 is 2.04 bits per heavy atom. The Bertz CT molecular complexity index is 681. The second-order valence-electron chi connectivity index (χ2n) is 6.18. The van der Waals surface area contributed by atoms with E-state index in [1.807, 2.05) is 18.0 Å². The minimum Gasteiger partial charge on any atom is -0.373 e. The minimum atomic E-state index is 0.0979. The van der Waals surface area contributed by atoms with Crippen LogP contribution >= 0.6 is 0 Å². The first-order chi connectivity index (χ1) is 11.2. The maximum absolute atomic E-state index is 12.8. The first kappa shape index (κ1) is 15.5. The molecule has 23 heavy (non-hydrogen) atoms. The van der Waals surface area contributed by atoms with Gasteiger partial charge in [0.15, 0.2) is 0 Å². The van der Waals surface area contributed by atoms with Crippen LogP contribution in [0.25, 0.3) is 0 Å². The number of anilines is 1. The number of carbonyl (C=O) groups excluding carboxylic acids is 1. The molecular weight excluding hydrogens is 286 g/mol. The van der Waals surface area contributed by atoms with Crippen molar-refractivity contribution < 1.29 is 4.79 Å². The number of pyridine rings is 1. The number of hydrogen-bond acceptors (Lipinski definition) is 3. The molecule has 1 amide bonds. The van der Waals surface area contributed by atoms with Crippen LogP contribution in [0, 0.1) is 6.92 Å². The van der Waals surface area contributed by atoms with Gasteiger partial charge in [-0.25, -0.2) is 4.98 Å². The molecular formula is C19H23N3O. The van der Waals surface area contributed by atoms with E-state index < -0.39 is 0 Å². The highest BCUT2D eigenvalue weighted by Gasteiger charge is 2.25. The summed E-state index contributed by atoms with van der Waals surface area (Å²) < 4.78 is 0. The number of nitrogens with one attached hydrogen (secondary N) is 1. The number of rotatable bonds is 3. The molecule has 0 aliphatic carbocycles. The fraction of sp³-hybridized carbons (Fsp3) is 0.368. The van der Waals surface area contributed by atoms with Crippen LogP contribution in [-0.4, -0.2) is 35.9 Å². The van der Waals surface area contributed by atoms with E-state index in [0.29, 0.717) is 11.5 Å². The number of likely N-dealkylation sites (tertiary alicyclic amines) is 1. The summed E-state index contributed by atoms with van der Waals surface area (Å²) in [4.78, 5) is 18.9. The van der Waals surface area contributed by atoms with Crippen LogP contribution in [0.4, 0.5) is 5.82 Å². The monoisotopic (exact) mass is 309 g/mol. The Morgan fingerprint density at radius 1 is 1.26 bits per heavy atom. The molecule has 1 aliphatic rings. The Labute approximate surface area is 137 Å². The van der Waals surface area contributed by atoms with Crippen LogP contribution in [0.1, 0.15) is 40.2 Å². The zero-order chi connectivity index (χ0) is 16.2. The number of benzene rings is 1. The molecule has 2 heterocycles. The lowest BCUT2D eigenvalue weighted by atomic mass is 9.90. The standard InChI is InChI=1S/C19H23N3O/c1-14-5-7-15(8-6-14)17-4-3-11-22(13-17)19(23)16-9-10-21-18(12-16)20-2/h5-10,12,17H,3-4,11,13H2,1-2H3,(H,20,21)/t17-/m1/s1. The van der Waals surface area contributed by atoms with E-state index in [2.05, 4.69) is 41.5 Å².